The van der Waals surface area contributed by atoms with Crippen LogP contribution in [0.3, 0.4) is 0 Å². The maximum absolute atomic E-state index is 15.7. The highest BCUT2D eigenvalue weighted by Gasteiger charge is 2.34. The van der Waals surface area contributed by atoms with Gasteiger partial charge in [0, 0.05) is 32.8 Å². The fourth-order valence-corrected chi connectivity index (χ4v) is 5.47. The van der Waals surface area contributed by atoms with Gasteiger partial charge in [0.2, 0.25) is 0 Å². The van der Waals surface area contributed by atoms with E-state index in [9.17, 15) is 14.4 Å². The number of benzene rings is 1. The Labute approximate surface area is 203 Å². The van der Waals surface area contributed by atoms with E-state index in [1.165, 1.54) is 6.07 Å². The highest BCUT2D eigenvalue weighted by atomic mass is 19.1. The molecule has 1 aromatic carbocycles. The lowest BCUT2D eigenvalue weighted by molar-refractivity contribution is -0.128. The average molecular weight is 469 g/mol. The number of halogens is 1. The molecule has 0 aromatic heterocycles. The molecule has 1 aromatic rings. The van der Waals surface area contributed by atoms with E-state index in [4.69, 9.17) is 0 Å². The van der Waals surface area contributed by atoms with Gasteiger partial charge in [0.1, 0.15) is 5.82 Å². The van der Waals surface area contributed by atoms with Gasteiger partial charge in [-0.2, -0.15) is 0 Å². The number of carbonyl (C=O) groups is 3. The van der Waals surface area contributed by atoms with Crippen molar-refractivity contribution in [1.29, 1.82) is 0 Å². The monoisotopic (exact) mass is 468 g/mol. The topological polar surface area (TPSA) is 66.5 Å². The van der Waals surface area contributed by atoms with Crippen LogP contribution in [0.2, 0.25) is 0 Å². The number of hydrogen-bond acceptors (Lipinski definition) is 3. The van der Waals surface area contributed by atoms with E-state index in [0.717, 1.165) is 44.9 Å². The number of Topliss-reactive ketones (excluding diaryl/α,β-unsaturated/α-hetero) is 1. The van der Waals surface area contributed by atoms with Gasteiger partial charge in [-0.3, -0.25) is 14.4 Å². The summed E-state index contributed by atoms with van der Waals surface area (Å²) in [5, 5.41) is 2.90. The summed E-state index contributed by atoms with van der Waals surface area (Å²) in [5.74, 6) is -1.34. The number of likely N-dealkylation sites (tertiary alicyclic amines) is 1. The molecule has 6 heteroatoms. The molecule has 1 unspecified atom stereocenters. The number of hydrogen-bond donors (Lipinski definition) is 1. The molecule has 2 atom stereocenters. The van der Waals surface area contributed by atoms with Crippen LogP contribution in [-0.2, 0) is 9.59 Å². The highest BCUT2D eigenvalue weighted by Crippen LogP contribution is 2.32. The molecule has 3 aliphatic rings. The Balaban J connectivity index is 0.00000342. The van der Waals surface area contributed by atoms with Crippen LogP contribution in [0.25, 0.3) is 0 Å². The third kappa shape index (κ3) is 5.17. The summed E-state index contributed by atoms with van der Waals surface area (Å²) in [7, 11) is 0. The fourth-order valence-electron chi connectivity index (χ4n) is 5.47. The lowest BCUT2D eigenvalue weighted by Crippen LogP contribution is -2.48. The van der Waals surface area contributed by atoms with Crippen molar-refractivity contribution >= 4 is 17.6 Å². The van der Waals surface area contributed by atoms with Crippen LogP contribution in [0.4, 0.5) is 4.39 Å². The second kappa shape index (κ2) is 10.7. The first-order chi connectivity index (χ1) is 16.4. The molecule has 1 saturated carbocycles. The molecule has 34 heavy (non-hydrogen) atoms. The van der Waals surface area contributed by atoms with Crippen molar-refractivity contribution in [1.82, 2.24) is 10.2 Å². The van der Waals surface area contributed by atoms with Crippen LogP contribution in [0, 0.1) is 17.7 Å². The van der Waals surface area contributed by atoms with Crippen molar-refractivity contribution in [2.75, 3.05) is 13.1 Å². The zero-order valence-electron chi connectivity index (χ0n) is 20.2. The largest absolute Gasteiger partial charge is 0.342 e. The van der Waals surface area contributed by atoms with Crippen molar-refractivity contribution < 1.29 is 20.2 Å². The van der Waals surface area contributed by atoms with Gasteiger partial charge in [-0.05, 0) is 49.3 Å². The lowest BCUT2D eigenvalue weighted by atomic mass is 9.80. The number of nitrogens with one attached hydrogen (secondary N) is 1. The maximum atomic E-state index is 15.7. The molecular weight excluding hydrogens is 431 g/mol. The van der Waals surface area contributed by atoms with Crippen molar-refractivity contribution in [3.05, 3.63) is 52.5 Å². The van der Waals surface area contributed by atoms with Gasteiger partial charge >= 0.3 is 0 Å². The molecule has 1 aliphatic heterocycles. The van der Waals surface area contributed by atoms with Gasteiger partial charge in [0.25, 0.3) is 11.8 Å². The molecular formula is C28H37FN2O3. The number of nitrogens with zero attached hydrogens (tertiary/aromatic N) is 1. The zero-order chi connectivity index (χ0) is 24.2. The lowest BCUT2D eigenvalue weighted by Gasteiger charge is -2.34. The Hall–Kier alpha value is -2.72. The summed E-state index contributed by atoms with van der Waals surface area (Å²) in [6, 6.07) is 4.32. The molecule has 2 aliphatic carbocycles. The Morgan fingerprint density at radius 2 is 1.85 bits per heavy atom. The van der Waals surface area contributed by atoms with Crippen LogP contribution >= 0.6 is 0 Å². The van der Waals surface area contributed by atoms with E-state index in [0.29, 0.717) is 30.6 Å². The molecule has 1 heterocycles. The number of piperidine rings is 1. The first-order valence-electron chi connectivity index (χ1n) is 12.7. The first-order valence-corrected chi connectivity index (χ1v) is 12.7. The molecule has 2 amide bonds. The predicted molar refractivity (Wildman–Crippen MR) is 131 cm³/mol. The minimum absolute atomic E-state index is 0. The predicted octanol–water partition coefficient (Wildman–Crippen LogP) is 5.17. The second-order valence-electron chi connectivity index (χ2n) is 10.2. The van der Waals surface area contributed by atoms with Gasteiger partial charge < -0.3 is 10.2 Å². The first kappa shape index (κ1) is 24.4. The minimum atomic E-state index is -0.581. The van der Waals surface area contributed by atoms with Gasteiger partial charge in [0.05, 0.1) is 17.2 Å². The third-order valence-corrected chi connectivity index (χ3v) is 7.55. The third-order valence-electron chi connectivity index (χ3n) is 7.55. The summed E-state index contributed by atoms with van der Waals surface area (Å²) in [6.07, 6.45) is 9.09. The molecule has 5 nitrogen and oxygen atoms in total. The molecule has 2 fully saturated rings. The molecule has 1 saturated heterocycles. The van der Waals surface area contributed by atoms with E-state index in [1.807, 2.05) is 19.9 Å². The SMILES string of the molecule is CC(C)C(=O)[C@H](NC(=O)c1cccc(C2CCCN(C(=O)C3=C=CC3)C2)c1F)C1CCCCC1.[HH]. The van der Waals surface area contributed by atoms with E-state index < -0.39 is 17.8 Å². The van der Waals surface area contributed by atoms with E-state index in [2.05, 4.69) is 11.0 Å². The molecule has 0 bridgehead atoms. The summed E-state index contributed by atoms with van der Waals surface area (Å²) in [6.45, 7) is 4.78. The van der Waals surface area contributed by atoms with Crippen LogP contribution in [0.1, 0.15) is 88.5 Å². The van der Waals surface area contributed by atoms with Gasteiger partial charge in [0.15, 0.2) is 5.78 Å². The quantitative estimate of drug-likeness (QED) is 0.562. The minimum Gasteiger partial charge on any atom is -0.342 e. The fraction of sp³-hybridized carbons (Fsp3) is 0.571. The smallest absolute Gasteiger partial charge is 0.257 e. The van der Waals surface area contributed by atoms with E-state index in [1.54, 1.807) is 17.0 Å². The van der Waals surface area contributed by atoms with E-state index in [-0.39, 0.29) is 36.4 Å². The maximum Gasteiger partial charge on any atom is 0.257 e. The zero-order valence-corrected chi connectivity index (χ0v) is 20.2. The van der Waals surface area contributed by atoms with Gasteiger partial charge in [-0.15, -0.1) is 5.73 Å². The van der Waals surface area contributed by atoms with Gasteiger partial charge in [-0.1, -0.05) is 45.2 Å². The number of amides is 2. The molecule has 0 radical (unpaired) electrons. The van der Waals surface area contributed by atoms with Crippen LogP contribution in [-0.4, -0.2) is 41.6 Å². The van der Waals surface area contributed by atoms with Crippen molar-refractivity contribution in [2.24, 2.45) is 11.8 Å². The molecule has 1 N–H and O–H groups in total. The van der Waals surface area contributed by atoms with Crippen molar-refractivity contribution in [3.63, 3.8) is 0 Å². The normalized spacial score (nSPS) is 21.6. The van der Waals surface area contributed by atoms with E-state index >= 15 is 4.39 Å². The Morgan fingerprint density at radius 3 is 2.50 bits per heavy atom. The molecule has 184 valence electrons. The van der Waals surface area contributed by atoms with Crippen molar-refractivity contribution in [2.45, 2.75) is 77.2 Å². The van der Waals surface area contributed by atoms with Crippen LogP contribution in [0.15, 0.2) is 35.6 Å². The Kier molecular flexibility index (Phi) is 7.67. The summed E-state index contributed by atoms with van der Waals surface area (Å²) >= 11 is 0. The van der Waals surface area contributed by atoms with Gasteiger partial charge in [-0.25, -0.2) is 4.39 Å². The summed E-state index contributed by atoms with van der Waals surface area (Å²) in [4.78, 5) is 40.5. The van der Waals surface area contributed by atoms with Crippen LogP contribution < -0.4 is 5.32 Å². The average Bonchev–Trinajstić information content (AvgIpc) is 2.81. The summed E-state index contributed by atoms with van der Waals surface area (Å²) < 4.78 is 15.7. The summed E-state index contributed by atoms with van der Waals surface area (Å²) in [5.41, 5.74) is 4.06. The molecule has 4 rings (SSSR count). The van der Waals surface area contributed by atoms with Crippen molar-refractivity contribution in [3.8, 4) is 0 Å². The number of carbonyl (C=O) groups excluding carboxylic acids is 3. The highest BCUT2D eigenvalue weighted by molar-refractivity contribution is 5.99. The second-order valence-corrected chi connectivity index (χ2v) is 10.2. The van der Waals surface area contributed by atoms with Crippen LogP contribution in [0.5, 0.6) is 0 Å². The Bertz CT molecular complexity index is 1030. The Morgan fingerprint density at radius 1 is 1.12 bits per heavy atom. The number of rotatable bonds is 7. The number of ketones is 1. The standard InChI is InChI=1S/C28H35FN2O3.H2/c1-18(2)26(32)25(19-9-4-3-5-10-19)30-27(33)23-15-7-14-22(24(23)29)21-13-8-16-31(17-21)28(34)20-11-6-12-20;/h6-7,14-15,18-19,21,25H,3-5,8-11,13,16-17H2,1-2H3,(H,30,33);1H/t21?,25-;/m1./s1. The molecule has 0 spiro atoms.